The average Bonchev–Trinajstić information content (AvgIpc) is 2.12. The first-order valence-electron chi connectivity index (χ1n) is 4.09. The molecule has 0 aliphatic carbocycles. The van der Waals surface area contributed by atoms with Crippen LogP contribution in [-0.2, 0) is 19.2 Å². The molecule has 0 radical (unpaired) electrons. The summed E-state index contributed by atoms with van der Waals surface area (Å²) in [4.78, 5) is 38.3. The number of hydrogen-bond acceptors (Lipinski definition) is 6. The largest absolute Gasteiger partial charge is 2.00 e. The maximum atomic E-state index is 9.61. The van der Waals surface area contributed by atoms with Crippen molar-refractivity contribution in [3.8, 4) is 0 Å². The van der Waals surface area contributed by atoms with Crippen LogP contribution in [0.4, 0.5) is 0 Å². The van der Waals surface area contributed by atoms with Crippen LogP contribution in [0.15, 0.2) is 0 Å². The fraction of sp³-hybridized carbons (Fsp3) is 0.500. The van der Waals surface area contributed by atoms with Crippen LogP contribution in [0.2, 0.25) is 0 Å². The SMILES string of the molecule is O=C([O-])CCC(=O)O.O=C([O-])CCC(=O)O.[Ca+2]. The Morgan fingerprint density at radius 3 is 1.00 bits per heavy atom. The van der Waals surface area contributed by atoms with Crippen LogP contribution < -0.4 is 10.2 Å². The van der Waals surface area contributed by atoms with Gasteiger partial charge >= 0.3 is 49.7 Å². The second kappa shape index (κ2) is 13.2. The minimum atomic E-state index is -1.33. The zero-order valence-electron chi connectivity index (χ0n) is 8.88. The molecule has 8 nitrogen and oxygen atoms in total. The van der Waals surface area contributed by atoms with E-state index in [0.29, 0.717) is 0 Å². The molecule has 0 rings (SSSR count). The third-order valence-electron chi connectivity index (χ3n) is 1.09. The van der Waals surface area contributed by atoms with Crippen LogP contribution in [-0.4, -0.2) is 71.8 Å². The maximum absolute atomic E-state index is 9.61. The normalized spacial score (nSPS) is 8.00. The Morgan fingerprint density at radius 2 is 0.941 bits per heavy atom. The molecule has 2 N–H and O–H groups in total. The maximum Gasteiger partial charge on any atom is 2.00 e. The number of carboxylic acid groups (broad SMARTS) is 4. The van der Waals surface area contributed by atoms with Crippen LogP contribution >= 0.6 is 0 Å². The second-order valence-corrected chi connectivity index (χ2v) is 2.53. The molecule has 0 aromatic carbocycles. The second-order valence-electron chi connectivity index (χ2n) is 2.53. The zero-order valence-corrected chi connectivity index (χ0v) is 11.1. The molecule has 0 atom stereocenters. The Hall–Kier alpha value is -0.860. The van der Waals surface area contributed by atoms with Gasteiger partial charge in [-0.15, -0.1) is 0 Å². The van der Waals surface area contributed by atoms with Crippen LogP contribution in [0.5, 0.6) is 0 Å². The predicted molar refractivity (Wildman–Crippen MR) is 49.5 cm³/mol. The summed E-state index contributed by atoms with van der Waals surface area (Å²) in [5.74, 6) is -4.89. The summed E-state index contributed by atoms with van der Waals surface area (Å²) in [6.45, 7) is 0. The summed E-state index contributed by atoms with van der Waals surface area (Å²) in [6.07, 6.45) is -1.53. The number of carbonyl (C=O) groups is 4. The van der Waals surface area contributed by atoms with E-state index >= 15 is 0 Å². The third kappa shape index (κ3) is 31.3. The molecule has 0 amide bonds. The van der Waals surface area contributed by atoms with Crippen molar-refractivity contribution in [1.29, 1.82) is 0 Å². The van der Waals surface area contributed by atoms with Crippen LogP contribution in [0.1, 0.15) is 25.7 Å². The van der Waals surface area contributed by atoms with Gasteiger partial charge in [0, 0.05) is 11.9 Å². The standard InChI is InChI=1S/2C4H6O4.Ca/c2*5-3(6)1-2-4(7)8;/h2*1-2H2,(H,5,6)(H,7,8);/q;;+2/p-2. The van der Waals surface area contributed by atoms with E-state index in [1.54, 1.807) is 0 Å². The van der Waals surface area contributed by atoms with Crippen molar-refractivity contribution in [2.45, 2.75) is 25.7 Å². The van der Waals surface area contributed by atoms with Gasteiger partial charge in [-0.3, -0.25) is 9.59 Å². The van der Waals surface area contributed by atoms with Crippen molar-refractivity contribution in [3.63, 3.8) is 0 Å². The third-order valence-corrected chi connectivity index (χ3v) is 1.09. The molecule has 0 bridgehead atoms. The Labute approximate surface area is 126 Å². The van der Waals surface area contributed by atoms with Crippen molar-refractivity contribution >= 4 is 61.6 Å². The first-order valence-corrected chi connectivity index (χ1v) is 4.09. The van der Waals surface area contributed by atoms with E-state index in [1.807, 2.05) is 0 Å². The van der Waals surface area contributed by atoms with Gasteiger partial charge in [0.25, 0.3) is 0 Å². The first kappa shape index (κ1) is 21.4. The summed E-state index contributed by atoms with van der Waals surface area (Å²) in [5, 5.41) is 34.8. The Balaban J connectivity index is -0.000000218. The summed E-state index contributed by atoms with van der Waals surface area (Å²) >= 11 is 0. The topological polar surface area (TPSA) is 155 Å². The number of rotatable bonds is 6. The van der Waals surface area contributed by atoms with E-state index in [0.717, 1.165) is 0 Å². The molecule has 9 heteroatoms. The molecule has 0 aliphatic rings. The molecular formula is C8H10CaO8. The minimum absolute atomic E-state index is 0. The molecule has 0 saturated heterocycles. The zero-order chi connectivity index (χ0) is 13.1. The van der Waals surface area contributed by atoms with Crippen molar-refractivity contribution < 1.29 is 39.6 Å². The van der Waals surface area contributed by atoms with Gasteiger partial charge in [0.1, 0.15) is 0 Å². The van der Waals surface area contributed by atoms with Gasteiger partial charge in [0.15, 0.2) is 0 Å². The number of carboxylic acids is 4. The quantitative estimate of drug-likeness (QED) is 0.480. The van der Waals surface area contributed by atoms with E-state index in [4.69, 9.17) is 10.2 Å². The average molecular weight is 274 g/mol. The molecule has 92 valence electrons. The Bertz CT molecular complexity index is 219. The fourth-order valence-electron chi connectivity index (χ4n) is 0.418. The van der Waals surface area contributed by atoms with Gasteiger partial charge in [0.05, 0.1) is 12.8 Å². The van der Waals surface area contributed by atoms with Crippen LogP contribution in [0.25, 0.3) is 0 Å². The fourth-order valence-corrected chi connectivity index (χ4v) is 0.418. The molecule has 0 spiro atoms. The van der Waals surface area contributed by atoms with Crippen LogP contribution in [0.3, 0.4) is 0 Å². The molecule has 0 fully saturated rings. The van der Waals surface area contributed by atoms with Gasteiger partial charge < -0.3 is 30.0 Å². The number of hydrogen-bond donors (Lipinski definition) is 2. The van der Waals surface area contributed by atoms with Crippen molar-refractivity contribution in [1.82, 2.24) is 0 Å². The molecule has 0 aromatic heterocycles. The molecule has 0 saturated carbocycles. The van der Waals surface area contributed by atoms with E-state index in [1.165, 1.54) is 0 Å². The van der Waals surface area contributed by atoms with Crippen molar-refractivity contribution in [2.24, 2.45) is 0 Å². The van der Waals surface area contributed by atoms with E-state index in [9.17, 15) is 29.4 Å². The predicted octanol–water partition coefficient (Wildman–Crippen LogP) is -3.18. The van der Waals surface area contributed by atoms with E-state index < -0.39 is 36.7 Å². The molecule has 0 heterocycles. The molecule has 0 aliphatic heterocycles. The summed E-state index contributed by atoms with van der Waals surface area (Å²) in [5.41, 5.74) is 0. The smallest absolute Gasteiger partial charge is 0.550 e. The summed E-state index contributed by atoms with van der Waals surface area (Å²) in [6, 6.07) is 0. The minimum Gasteiger partial charge on any atom is -0.550 e. The molecular weight excluding hydrogens is 264 g/mol. The van der Waals surface area contributed by atoms with Gasteiger partial charge in [-0.2, -0.15) is 0 Å². The summed E-state index contributed by atoms with van der Waals surface area (Å²) in [7, 11) is 0. The van der Waals surface area contributed by atoms with E-state index in [2.05, 4.69) is 0 Å². The van der Waals surface area contributed by atoms with Crippen molar-refractivity contribution in [3.05, 3.63) is 0 Å². The van der Waals surface area contributed by atoms with Gasteiger partial charge in [-0.25, -0.2) is 0 Å². The monoisotopic (exact) mass is 274 g/mol. The Morgan fingerprint density at radius 1 is 0.706 bits per heavy atom. The molecule has 0 aromatic rings. The number of aliphatic carboxylic acids is 4. The molecule has 17 heavy (non-hydrogen) atoms. The Kier molecular flexibility index (Phi) is 16.6. The summed E-state index contributed by atoms with van der Waals surface area (Å²) < 4.78 is 0. The van der Waals surface area contributed by atoms with Gasteiger partial charge in [-0.05, 0) is 12.8 Å². The van der Waals surface area contributed by atoms with Crippen LogP contribution in [0, 0.1) is 0 Å². The van der Waals surface area contributed by atoms with Gasteiger partial charge in [0.2, 0.25) is 0 Å². The van der Waals surface area contributed by atoms with Crippen molar-refractivity contribution in [2.75, 3.05) is 0 Å². The first-order chi connectivity index (χ1) is 7.25. The number of carbonyl (C=O) groups excluding carboxylic acids is 2. The van der Waals surface area contributed by atoms with E-state index in [-0.39, 0.29) is 50.6 Å². The van der Waals surface area contributed by atoms with Gasteiger partial charge in [-0.1, -0.05) is 0 Å². The molecule has 0 unspecified atom stereocenters.